The molecule has 0 bridgehead atoms. The van der Waals surface area contributed by atoms with Crippen LogP contribution < -0.4 is 10.1 Å². The largest absolute Gasteiger partial charge is 0.457 e. The predicted octanol–water partition coefficient (Wildman–Crippen LogP) is 3.20. The minimum Gasteiger partial charge on any atom is -0.457 e. The van der Waals surface area contributed by atoms with Gasteiger partial charge in [0.2, 0.25) is 0 Å². The first-order valence-electron chi connectivity index (χ1n) is 8.52. The Bertz CT molecular complexity index is 649. The predicted molar refractivity (Wildman–Crippen MR) is 95.8 cm³/mol. The number of nitrogens with zero attached hydrogens (tertiary/aromatic N) is 1. The van der Waals surface area contributed by atoms with Crippen molar-refractivity contribution in [3.8, 4) is 11.5 Å². The van der Waals surface area contributed by atoms with Gasteiger partial charge in [0, 0.05) is 44.2 Å². The number of carbonyl (C=O) groups excluding carboxylic acids is 1. The van der Waals surface area contributed by atoms with Gasteiger partial charge >= 0.3 is 0 Å². The quantitative estimate of drug-likeness (QED) is 0.829. The number of hydrogen-bond donors (Lipinski definition) is 1. The van der Waals surface area contributed by atoms with Crippen LogP contribution >= 0.6 is 0 Å². The molecular weight excluding hydrogens is 300 g/mol. The Morgan fingerprint density at radius 3 is 2.33 bits per heavy atom. The summed E-state index contributed by atoms with van der Waals surface area (Å²) in [6.45, 7) is 6.88. The van der Waals surface area contributed by atoms with E-state index < -0.39 is 0 Å². The monoisotopic (exact) mass is 324 g/mol. The standard InChI is InChI=1S/C20H24N2O2/c1-16(15-22-13-11-21-12-14-22)20(23)17-7-9-19(10-8-17)24-18-5-3-2-4-6-18/h2-10,16,21H,11-15H2,1H3. The number of carbonyl (C=O) groups is 1. The van der Waals surface area contributed by atoms with Crippen molar-refractivity contribution in [1.82, 2.24) is 10.2 Å². The Morgan fingerprint density at radius 2 is 1.67 bits per heavy atom. The molecule has 0 radical (unpaired) electrons. The molecule has 2 aromatic carbocycles. The minimum atomic E-state index is 0.00370. The van der Waals surface area contributed by atoms with Crippen LogP contribution in [0.1, 0.15) is 17.3 Å². The molecule has 4 heteroatoms. The molecule has 1 aliphatic heterocycles. The van der Waals surface area contributed by atoms with E-state index in [-0.39, 0.29) is 11.7 Å². The number of benzene rings is 2. The van der Waals surface area contributed by atoms with Gasteiger partial charge in [-0.05, 0) is 36.4 Å². The van der Waals surface area contributed by atoms with Crippen molar-refractivity contribution < 1.29 is 9.53 Å². The van der Waals surface area contributed by atoms with Crippen LogP contribution in [0.25, 0.3) is 0 Å². The Hall–Kier alpha value is -2.17. The maximum Gasteiger partial charge on any atom is 0.166 e. The Labute approximate surface area is 143 Å². The first kappa shape index (κ1) is 16.7. The molecule has 0 aliphatic carbocycles. The Morgan fingerprint density at radius 1 is 1.04 bits per heavy atom. The van der Waals surface area contributed by atoms with Crippen LogP contribution in [0.2, 0.25) is 0 Å². The number of ketones is 1. The molecule has 3 rings (SSSR count). The van der Waals surface area contributed by atoms with Gasteiger partial charge in [0.25, 0.3) is 0 Å². The summed E-state index contributed by atoms with van der Waals surface area (Å²) in [6, 6.07) is 17.1. The van der Waals surface area contributed by atoms with Gasteiger partial charge in [0.1, 0.15) is 11.5 Å². The van der Waals surface area contributed by atoms with E-state index in [4.69, 9.17) is 4.74 Å². The molecule has 0 amide bonds. The van der Waals surface area contributed by atoms with Crippen molar-refractivity contribution >= 4 is 5.78 Å². The smallest absolute Gasteiger partial charge is 0.166 e. The highest BCUT2D eigenvalue weighted by atomic mass is 16.5. The molecule has 1 saturated heterocycles. The number of para-hydroxylation sites is 1. The summed E-state index contributed by atoms with van der Waals surface area (Å²) in [5.74, 6) is 1.74. The van der Waals surface area contributed by atoms with E-state index in [1.165, 1.54) is 0 Å². The minimum absolute atomic E-state index is 0.00370. The third-order valence-electron chi connectivity index (χ3n) is 4.31. The lowest BCUT2D eigenvalue weighted by molar-refractivity contribution is 0.0887. The molecular formula is C20H24N2O2. The second-order valence-electron chi connectivity index (χ2n) is 6.26. The summed E-state index contributed by atoms with van der Waals surface area (Å²) in [6.07, 6.45) is 0. The van der Waals surface area contributed by atoms with E-state index in [1.807, 2.05) is 61.5 Å². The number of Topliss-reactive ketones (excluding diaryl/α,β-unsaturated/α-hetero) is 1. The Balaban J connectivity index is 1.58. The number of piperazine rings is 1. The van der Waals surface area contributed by atoms with E-state index in [1.54, 1.807) is 0 Å². The van der Waals surface area contributed by atoms with Gasteiger partial charge in [-0.2, -0.15) is 0 Å². The van der Waals surface area contributed by atoms with E-state index >= 15 is 0 Å². The van der Waals surface area contributed by atoms with Crippen LogP contribution in [0.3, 0.4) is 0 Å². The highest BCUT2D eigenvalue weighted by Gasteiger charge is 2.19. The summed E-state index contributed by atoms with van der Waals surface area (Å²) in [5, 5.41) is 3.33. The molecule has 1 fully saturated rings. The number of ether oxygens (including phenoxy) is 1. The van der Waals surface area contributed by atoms with Crippen molar-refractivity contribution in [2.24, 2.45) is 5.92 Å². The molecule has 126 valence electrons. The van der Waals surface area contributed by atoms with Crippen LogP contribution in [-0.4, -0.2) is 43.4 Å². The zero-order chi connectivity index (χ0) is 16.8. The molecule has 4 nitrogen and oxygen atoms in total. The molecule has 1 atom stereocenters. The third-order valence-corrected chi connectivity index (χ3v) is 4.31. The fourth-order valence-electron chi connectivity index (χ4n) is 2.96. The lowest BCUT2D eigenvalue weighted by Gasteiger charge is -2.29. The van der Waals surface area contributed by atoms with Gasteiger partial charge in [0.05, 0.1) is 0 Å². The van der Waals surface area contributed by atoms with Gasteiger partial charge in [-0.1, -0.05) is 25.1 Å². The fraction of sp³-hybridized carbons (Fsp3) is 0.350. The van der Waals surface area contributed by atoms with Gasteiger partial charge in [-0.3, -0.25) is 4.79 Å². The van der Waals surface area contributed by atoms with Crippen LogP contribution in [-0.2, 0) is 0 Å². The van der Waals surface area contributed by atoms with E-state index in [9.17, 15) is 4.79 Å². The highest BCUT2D eigenvalue weighted by molar-refractivity contribution is 5.97. The lowest BCUT2D eigenvalue weighted by atomic mass is 9.98. The average molecular weight is 324 g/mol. The van der Waals surface area contributed by atoms with Crippen molar-refractivity contribution in [3.63, 3.8) is 0 Å². The Kier molecular flexibility index (Phi) is 5.62. The molecule has 2 aromatic rings. The second kappa shape index (κ2) is 8.08. The van der Waals surface area contributed by atoms with E-state index in [2.05, 4.69) is 10.2 Å². The van der Waals surface area contributed by atoms with Crippen molar-refractivity contribution in [2.75, 3.05) is 32.7 Å². The fourth-order valence-corrected chi connectivity index (χ4v) is 2.96. The summed E-state index contributed by atoms with van der Waals surface area (Å²) in [5.41, 5.74) is 0.748. The molecule has 1 heterocycles. The topological polar surface area (TPSA) is 41.6 Å². The van der Waals surface area contributed by atoms with E-state index in [0.717, 1.165) is 49.8 Å². The van der Waals surface area contributed by atoms with Crippen LogP contribution in [0.4, 0.5) is 0 Å². The molecule has 0 spiro atoms. The molecule has 0 aromatic heterocycles. The number of hydrogen-bond acceptors (Lipinski definition) is 4. The number of rotatable bonds is 6. The lowest BCUT2D eigenvalue weighted by Crippen LogP contribution is -2.45. The SMILES string of the molecule is CC(CN1CCNCC1)C(=O)c1ccc(Oc2ccccc2)cc1. The third kappa shape index (κ3) is 4.43. The van der Waals surface area contributed by atoms with Crippen molar-refractivity contribution in [3.05, 3.63) is 60.2 Å². The van der Waals surface area contributed by atoms with Gasteiger partial charge < -0.3 is 15.0 Å². The zero-order valence-corrected chi connectivity index (χ0v) is 14.1. The first-order chi connectivity index (χ1) is 11.7. The second-order valence-corrected chi connectivity index (χ2v) is 6.26. The summed E-state index contributed by atoms with van der Waals surface area (Å²) >= 11 is 0. The van der Waals surface area contributed by atoms with Crippen molar-refractivity contribution in [2.45, 2.75) is 6.92 Å². The van der Waals surface area contributed by atoms with Gasteiger partial charge in [-0.25, -0.2) is 0 Å². The first-order valence-corrected chi connectivity index (χ1v) is 8.52. The molecule has 1 aliphatic rings. The molecule has 0 saturated carbocycles. The maximum absolute atomic E-state index is 12.6. The van der Waals surface area contributed by atoms with E-state index in [0.29, 0.717) is 0 Å². The molecule has 24 heavy (non-hydrogen) atoms. The normalized spacial score (nSPS) is 16.5. The summed E-state index contributed by atoms with van der Waals surface area (Å²) in [4.78, 5) is 15.0. The molecule has 1 unspecified atom stereocenters. The summed E-state index contributed by atoms with van der Waals surface area (Å²) in [7, 11) is 0. The van der Waals surface area contributed by atoms with Crippen LogP contribution in [0.15, 0.2) is 54.6 Å². The molecule has 1 N–H and O–H groups in total. The average Bonchev–Trinajstić information content (AvgIpc) is 2.63. The van der Waals surface area contributed by atoms with Crippen molar-refractivity contribution in [1.29, 1.82) is 0 Å². The zero-order valence-electron chi connectivity index (χ0n) is 14.1. The summed E-state index contributed by atoms with van der Waals surface area (Å²) < 4.78 is 5.77. The van der Waals surface area contributed by atoms with Crippen LogP contribution in [0.5, 0.6) is 11.5 Å². The van der Waals surface area contributed by atoms with Crippen LogP contribution in [0, 0.1) is 5.92 Å². The highest BCUT2D eigenvalue weighted by Crippen LogP contribution is 2.22. The maximum atomic E-state index is 12.6. The van der Waals surface area contributed by atoms with Gasteiger partial charge in [0.15, 0.2) is 5.78 Å². The number of nitrogens with one attached hydrogen (secondary N) is 1. The van der Waals surface area contributed by atoms with Gasteiger partial charge in [-0.15, -0.1) is 0 Å².